The molecule has 0 saturated heterocycles. The molecule has 236 valence electrons. The maximum absolute atomic E-state index is 11.6. The van der Waals surface area contributed by atoms with Gasteiger partial charge in [-0.2, -0.15) is 0 Å². The lowest BCUT2D eigenvalue weighted by molar-refractivity contribution is -0.139. The minimum Gasteiger partial charge on any atom is -0.455 e. The Hall–Kier alpha value is -0.990. The lowest BCUT2D eigenvalue weighted by Gasteiger charge is -2.14. The molecule has 0 unspecified atom stereocenters. The largest absolute Gasteiger partial charge is 0.455 e. The molecule has 0 bridgehead atoms. The maximum atomic E-state index is 11.6. The Balaban J connectivity index is 1.79. The van der Waals surface area contributed by atoms with Gasteiger partial charge in [-0.05, 0) is 32.3 Å². The molecule has 0 amide bonds. The minimum absolute atomic E-state index is 0.164. The zero-order valence-electron chi connectivity index (χ0n) is 26.0. The minimum atomic E-state index is -0.455. The van der Waals surface area contributed by atoms with Gasteiger partial charge in [-0.15, -0.1) is 0 Å². The number of carbonyl (C=O) groups excluding carboxylic acids is 1. The third-order valence-electron chi connectivity index (χ3n) is 7.90. The molecule has 1 aliphatic heterocycles. The number of carbonyl (C=O) groups is 1. The van der Waals surface area contributed by atoms with Crippen LogP contribution in [-0.2, 0) is 9.53 Å². The Morgan fingerprint density at radius 2 is 1.07 bits per heavy atom. The van der Waals surface area contributed by atoms with E-state index >= 15 is 0 Å². The second kappa shape index (κ2) is 25.7. The van der Waals surface area contributed by atoms with Crippen LogP contribution in [0.5, 0.6) is 0 Å². The van der Waals surface area contributed by atoms with Crippen LogP contribution in [-0.4, -0.2) is 71.9 Å². The SMILES string of the molecule is CCCCCCCCCC[C@H](O)CNCCNC[C@@H](O)CCCCCCCCCC[C@@H](O)CC1=C[C@H](C)OC1=O. The third-order valence-corrected chi connectivity index (χ3v) is 7.90. The van der Waals surface area contributed by atoms with Crippen molar-refractivity contribution in [2.75, 3.05) is 26.2 Å². The molecule has 40 heavy (non-hydrogen) atoms. The Bertz CT molecular complexity index is 630. The Morgan fingerprint density at radius 3 is 1.48 bits per heavy atom. The van der Waals surface area contributed by atoms with Gasteiger partial charge in [0, 0.05) is 38.2 Å². The maximum Gasteiger partial charge on any atom is 0.334 e. The summed E-state index contributed by atoms with van der Waals surface area (Å²) in [5.41, 5.74) is 0.619. The van der Waals surface area contributed by atoms with Gasteiger partial charge in [0.15, 0.2) is 0 Å². The number of esters is 1. The van der Waals surface area contributed by atoms with Crippen LogP contribution in [0.1, 0.15) is 142 Å². The van der Waals surface area contributed by atoms with Gasteiger partial charge < -0.3 is 30.7 Å². The average Bonchev–Trinajstić information content (AvgIpc) is 3.24. The van der Waals surface area contributed by atoms with Crippen molar-refractivity contribution in [1.82, 2.24) is 10.6 Å². The van der Waals surface area contributed by atoms with Crippen molar-refractivity contribution < 1.29 is 24.9 Å². The van der Waals surface area contributed by atoms with E-state index in [1.165, 1.54) is 70.6 Å². The van der Waals surface area contributed by atoms with Gasteiger partial charge in [-0.3, -0.25) is 0 Å². The summed E-state index contributed by atoms with van der Waals surface area (Å²) >= 11 is 0. The number of nitrogens with one attached hydrogen (secondary N) is 2. The van der Waals surface area contributed by atoms with Crippen LogP contribution in [0.25, 0.3) is 0 Å². The molecule has 0 radical (unpaired) electrons. The highest BCUT2D eigenvalue weighted by molar-refractivity contribution is 5.90. The smallest absolute Gasteiger partial charge is 0.334 e. The second-order valence-electron chi connectivity index (χ2n) is 12.0. The summed E-state index contributed by atoms with van der Waals surface area (Å²) < 4.78 is 5.08. The second-order valence-corrected chi connectivity index (χ2v) is 12.0. The van der Waals surface area contributed by atoms with Crippen LogP contribution in [0.2, 0.25) is 0 Å². The molecule has 0 aromatic heterocycles. The highest BCUT2D eigenvalue weighted by Gasteiger charge is 2.23. The van der Waals surface area contributed by atoms with E-state index in [0.717, 1.165) is 64.5 Å². The van der Waals surface area contributed by atoms with Gasteiger partial charge in [0.2, 0.25) is 0 Å². The van der Waals surface area contributed by atoms with Gasteiger partial charge in [0.05, 0.1) is 18.3 Å². The fraction of sp³-hybridized carbons (Fsp3) is 0.909. The molecule has 0 aromatic rings. The predicted molar refractivity (Wildman–Crippen MR) is 165 cm³/mol. The standard InChI is InChI=1S/C33H64N2O5/c1-3-4-5-6-7-10-14-17-20-31(37)26-34-22-23-35-27-32(38)21-18-15-12-9-8-11-13-16-19-30(36)25-29-24-28(2)40-33(29)39/h24,28,30-32,34-38H,3-23,25-27H2,1-2H3/t28-,30+,31-,32-/m0/s1. The van der Waals surface area contributed by atoms with Gasteiger partial charge in [0.25, 0.3) is 0 Å². The van der Waals surface area contributed by atoms with Crippen LogP contribution < -0.4 is 10.6 Å². The van der Waals surface area contributed by atoms with Crippen molar-refractivity contribution in [2.24, 2.45) is 0 Å². The zero-order valence-corrected chi connectivity index (χ0v) is 26.0. The third kappa shape index (κ3) is 21.7. The van der Waals surface area contributed by atoms with Crippen molar-refractivity contribution >= 4 is 5.97 Å². The molecule has 0 saturated carbocycles. The number of hydrogen-bond acceptors (Lipinski definition) is 7. The van der Waals surface area contributed by atoms with Crippen LogP contribution in [0.3, 0.4) is 0 Å². The molecule has 0 spiro atoms. The molecule has 7 nitrogen and oxygen atoms in total. The Morgan fingerprint density at radius 1 is 0.675 bits per heavy atom. The van der Waals surface area contributed by atoms with E-state index in [1.54, 1.807) is 0 Å². The summed E-state index contributed by atoms with van der Waals surface area (Å²) in [6.45, 7) is 6.99. The van der Waals surface area contributed by atoms with E-state index < -0.39 is 6.10 Å². The first kappa shape index (κ1) is 37.0. The summed E-state index contributed by atoms with van der Waals surface area (Å²) in [6.07, 6.45) is 23.1. The molecule has 5 N–H and O–H groups in total. The summed E-state index contributed by atoms with van der Waals surface area (Å²) in [7, 11) is 0. The fourth-order valence-corrected chi connectivity index (χ4v) is 5.39. The van der Waals surface area contributed by atoms with Gasteiger partial charge >= 0.3 is 5.97 Å². The van der Waals surface area contributed by atoms with Crippen molar-refractivity contribution in [3.8, 4) is 0 Å². The molecule has 4 atom stereocenters. The van der Waals surface area contributed by atoms with E-state index in [4.69, 9.17) is 4.74 Å². The van der Waals surface area contributed by atoms with Crippen molar-refractivity contribution in [3.05, 3.63) is 11.6 Å². The lowest BCUT2D eigenvalue weighted by atomic mass is 10.0. The zero-order chi connectivity index (χ0) is 29.3. The number of cyclic esters (lactones) is 1. The molecule has 0 aromatic carbocycles. The normalized spacial score (nSPS) is 17.6. The van der Waals surface area contributed by atoms with E-state index in [-0.39, 0.29) is 24.3 Å². The average molecular weight is 569 g/mol. The molecule has 1 heterocycles. The highest BCUT2D eigenvalue weighted by Crippen LogP contribution is 2.20. The Kier molecular flexibility index (Phi) is 23.8. The van der Waals surface area contributed by atoms with Crippen molar-refractivity contribution in [2.45, 2.75) is 167 Å². The quantitative estimate of drug-likeness (QED) is 0.0561. The summed E-state index contributed by atoms with van der Waals surface area (Å²) in [5, 5.41) is 37.1. The van der Waals surface area contributed by atoms with Gasteiger partial charge in [0.1, 0.15) is 6.10 Å². The molecule has 7 heteroatoms. The monoisotopic (exact) mass is 568 g/mol. The van der Waals surface area contributed by atoms with Crippen LogP contribution in [0.15, 0.2) is 11.6 Å². The number of ether oxygens (including phenoxy) is 1. The van der Waals surface area contributed by atoms with Crippen molar-refractivity contribution in [3.63, 3.8) is 0 Å². The van der Waals surface area contributed by atoms with Crippen LogP contribution >= 0.6 is 0 Å². The van der Waals surface area contributed by atoms with Gasteiger partial charge in [-0.25, -0.2) is 4.79 Å². The first-order valence-electron chi connectivity index (χ1n) is 16.8. The highest BCUT2D eigenvalue weighted by atomic mass is 16.5. The number of unbranched alkanes of at least 4 members (excludes halogenated alkanes) is 14. The fourth-order valence-electron chi connectivity index (χ4n) is 5.39. The predicted octanol–water partition coefficient (Wildman–Crippen LogP) is 5.94. The van der Waals surface area contributed by atoms with E-state index in [1.807, 2.05) is 13.0 Å². The molecule has 1 aliphatic rings. The molecule has 0 aliphatic carbocycles. The van der Waals surface area contributed by atoms with Crippen LogP contribution in [0, 0.1) is 0 Å². The van der Waals surface area contributed by atoms with Gasteiger partial charge in [-0.1, -0.05) is 110 Å². The molecular weight excluding hydrogens is 504 g/mol. The van der Waals surface area contributed by atoms with E-state index in [9.17, 15) is 20.1 Å². The number of aliphatic hydroxyl groups excluding tert-OH is 3. The number of rotatable bonds is 29. The summed E-state index contributed by atoms with van der Waals surface area (Å²) in [6, 6.07) is 0. The molecule has 0 fully saturated rings. The molecule has 1 rings (SSSR count). The molecular formula is C33H64N2O5. The Labute approximate surface area is 245 Å². The lowest BCUT2D eigenvalue weighted by Crippen LogP contribution is -2.35. The topological polar surface area (TPSA) is 111 Å². The summed E-state index contributed by atoms with van der Waals surface area (Å²) in [5.74, 6) is -0.279. The first-order valence-corrected chi connectivity index (χ1v) is 16.8. The van der Waals surface area contributed by atoms with Crippen LogP contribution in [0.4, 0.5) is 0 Å². The number of aliphatic hydroxyl groups is 3. The number of hydrogen-bond donors (Lipinski definition) is 5. The van der Waals surface area contributed by atoms with E-state index in [2.05, 4.69) is 17.6 Å². The first-order chi connectivity index (χ1) is 19.4. The summed E-state index contributed by atoms with van der Waals surface area (Å²) in [4.78, 5) is 11.6. The van der Waals surface area contributed by atoms with E-state index in [0.29, 0.717) is 25.1 Å². The van der Waals surface area contributed by atoms with Crippen molar-refractivity contribution in [1.29, 1.82) is 0 Å².